The van der Waals surface area contributed by atoms with Gasteiger partial charge in [-0.25, -0.2) is 4.98 Å². The standard InChI is InChI=1S/C16H14BrNOS/c1-10(2)12-9-11(17)7-8-14(12)19-16-18-13-5-3-4-6-15(13)20-16/h3-10H,1-2H3. The van der Waals surface area contributed by atoms with E-state index in [0.717, 1.165) is 20.4 Å². The molecule has 0 spiro atoms. The molecule has 0 aliphatic rings. The van der Waals surface area contributed by atoms with E-state index < -0.39 is 0 Å². The molecule has 3 aromatic rings. The van der Waals surface area contributed by atoms with Crippen LogP contribution in [0.4, 0.5) is 0 Å². The predicted molar refractivity (Wildman–Crippen MR) is 87.9 cm³/mol. The molecule has 1 heterocycles. The molecule has 0 fully saturated rings. The SMILES string of the molecule is CC(C)c1cc(Br)ccc1Oc1nc2ccccc2s1. The van der Waals surface area contributed by atoms with Gasteiger partial charge in [0.25, 0.3) is 5.19 Å². The number of ether oxygens (including phenoxy) is 1. The highest BCUT2D eigenvalue weighted by Crippen LogP contribution is 2.36. The molecule has 0 saturated heterocycles. The lowest BCUT2D eigenvalue weighted by atomic mass is 10.0. The number of thiazole rings is 1. The molecule has 0 amide bonds. The summed E-state index contributed by atoms with van der Waals surface area (Å²) in [4.78, 5) is 4.52. The van der Waals surface area contributed by atoms with Crippen molar-refractivity contribution >= 4 is 37.5 Å². The Morgan fingerprint density at radius 3 is 2.70 bits per heavy atom. The van der Waals surface area contributed by atoms with E-state index in [2.05, 4.69) is 46.9 Å². The first-order valence-corrected chi connectivity index (χ1v) is 8.07. The average Bonchev–Trinajstić information content (AvgIpc) is 2.82. The molecule has 2 nitrogen and oxygen atoms in total. The molecule has 0 bridgehead atoms. The third-order valence-electron chi connectivity index (χ3n) is 3.07. The molecule has 0 radical (unpaired) electrons. The number of benzene rings is 2. The summed E-state index contributed by atoms with van der Waals surface area (Å²) in [6.45, 7) is 4.32. The molecule has 102 valence electrons. The van der Waals surface area contributed by atoms with Crippen LogP contribution in [0.15, 0.2) is 46.9 Å². The Hall–Kier alpha value is -1.39. The zero-order chi connectivity index (χ0) is 14.1. The number of para-hydroxylation sites is 1. The van der Waals surface area contributed by atoms with Crippen molar-refractivity contribution in [2.75, 3.05) is 0 Å². The summed E-state index contributed by atoms with van der Waals surface area (Å²) in [6, 6.07) is 14.2. The third-order valence-corrected chi connectivity index (χ3v) is 4.47. The summed E-state index contributed by atoms with van der Waals surface area (Å²) < 4.78 is 8.21. The van der Waals surface area contributed by atoms with Gasteiger partial charge in [0.1, 0.15) is 5.75 Å². The molecular formula is C16H14BrNOS. The number of hydrogen-bond acceptors (Lipinski definition) is 3. The van der Waals surface area contributed by atoms with Crippen LogP contribution in [-0.4, -0.2) is 4.98 Å². The first-order chi connectivity index (χ1) is 9.63. The second-order valence-corrected chi connectivity index (χ2v) is 6.80. The molecule has 0 aliphatic carbocycles. The van der Waals surface area contributed by atoms with Crippen molar-refractivity contribution in [3.05, 3.63) is 52.5 Å². The number of aromatic nitrogens is 1. The van der Waals surface area contributed by atoms with Gasteiger partial charge in [-0.05, 0) is 41.8 Å². The second-order valence-electron chi connectivity index (χ2n) is 4.89. The maximum atomic E-state index is 6.00. The van der Waals surface area contributed by atoms with Crippen LogP contribution < -0.4 is 4.74 Å². The lowest BCUT2D eigenvalue weighted by Crippen LogP contribution is -1.93. The second kappa shape index (κ2) is 5.54. The van der Waals surface area contributed by atoms with E-state index in [1.807, 2.05) is 30.3 Å². The van der Waals surface area contributed by atoms with Gasteiger partial charge in [0.05, 0.1) is 10.2 Å². The molecular weight excluding hydrogens is 334 g/mol. The van der Waals surface area contributed by atoms with Crippen LogP contribution in [-0.2, 0) is 0 Å². The number of halogens is 1. The molecule has 0 unspecified atom stereocenters. The van der Waals surface area contributed by atoms with Gasteiger partial charge in [-0.3, -0.25) is 0 Å². The monoisotopic (exact) mass is 347 g/mol. The maximum absolute atomic E-state index is 6.00. The molecule has 4 heteroatoms. The number of rotatable bonds is 3. The Balaban J connectivity index is 1.98. The Labute approximate surface area is 130 Å². The van der Waals surface area contributed by atoms with Crippen LogP contribution in [0.3, 0.4) is 0 Å². The Morgan fingerprint density at radius 2 is 1.95 bits per heavy atom. The fourth-order valence-electron chi connectivity index (χ4n) is 2.05. The van der Waals surface area contributed by atoms with E-state index >= 15 is 0 Å². The highest BCUT2D eigenvalue weighted by Gasteiger charge is 2.12. The van der Waals surface area contributed by atoms with Crippen molar-refractivity contribution in [2.45, 2.75) is 19.8 Å². The van der Waals surface area contributed by atoms with Crippen LogP contribution in [0.5, 0.6) is 10.9 Å². The molecule has 20 heavy (non-hydrogen) atoms. The van der Waals surface area contributed by atoms with Gasteiger partial charge in [-0.2, -0.15) is 0 Å². The fraction of sp³-hybridized carbons (Fsp3) is 0.188. The van der Waals surface area contributed by atoms with E-state index in [1.54, 1.807) is 11.3 Å². The summed E-state index contributed by atoms with van der Waals surface area (Å²) in [5.74, 6) is 1.28. The average molecular weight is 348 g/mol. The van der Waals surface area contributed by atoms with Gasteiger partial charge in [-0.15, -0.1) is 0 Å². The highest BCUT2D eigenvalue weighted by molar-refractivity contribution is 9.10. The Kier molecular flexibility index (Phi) is 3.76. The zero-order valence-electron chi connectivity index (χ0n) is 11.3. The van der Waals surface area contributed by atoms with Crippen molar-refractivity contribution < 1.29 is 4.74 Å². The molecule has 2 aromatic carbocycles. The number of hydrogen-bond donors (Lipinski definition) is 0. The quantitative estimate of drug-likeness (QED) is 0.581. The lowest BCUT2D eigenvalue weighted by molar-refractivity contribution is 0.470. The van der Waals surface area contributed by atoms with E-state index in [4.69, 9.17) is 4.74 Å². The summed E-state index contributed by atoms with van der Waals surface area (Å²) in [5.41, 5.74) is 2.16. The summed E-state index contributed by atoms with van der Waals surface area (Å²) >= 11 is 5.08. The maximum Gasteiger partial charge on any atom is 0.279 e. The van der Waals surface area contributed by atoms with E-state index in [9.17, 15) is 0 Å². The van der Waals surface area contributed by atoms with Crippen molar-refractivity contribution in [3.63, 3.8) is 0 Å². The number of fused-ring (bicyclic) bond motifs is 1. The molecule has 0 atom stereocenters. The summed E-state index contributed by atoms with van der Waals surface area (Å²) in [7, 11) is 0. The van der Waals surface area contributed by atoms with E-state index in [1.165, 1.54) is 5.56 Å². The van der Waals surface area contributed by atoms with Crippen LogP contribution in [0.25, 0.3) is 10.2 Å². The molecule has 0 saturated carbocycles. The van der Waals surface area contributed by atoms with Gasteiger partial charge in [-0.1, -0.05) is 53.2 Å². The predicted octanol–water partition coefficient (Wildman–Crippen LogP) is 5.97. The van der Waals surface area contributed by atoms with Crippen LogP contribution >= 0.6 is 27.3 Å². The van der Waals surface area contributed by atoms with Gasteiger partial charge in [0.15, 0.2) is 0 Å². The molecule has 0 N–H and O–H groups in total. The minimum absolute atomic E-state index is 0.400. The normalized spacial score (nSPS) is 11.2. The minimum Gasteiger partial charge on any atom is -0.431 e. The molecule has 3 rings (SSSR count). The van der Waals surface area contributed by atoms with Crippen LogP contribution in [0.2, 0.25) is 0 Å². The van der Waals surface area contributed by atoms with E-state index in [0.29, 0.717) is 11.1 Å². The van der Waals surface area contributed by atoms with E-state index in [-0.39, 0.29) is 0 Å². The first-order valence-electron chi connectivity index (χ1n) is 6.46. The summed E-state index contributed by atoms with van der Waals surface area (Å²) in [6.07, 6.45) is 0. The lowest BCUT2D eigenvalue weighted by Gasteiger charge is -2.12. The Bertz CT molecular complexity index is 718. The van der Waals surface area contributed by atoms with Gasteiger partial charge < -0.3 is 4.74 Å². The van der Waals surface area contributed by atoms with Crippen molar-refractivity contribution in [1.29, 1.82) is 0 Å². The summed E-state index contributed by atoms with van der Waals surface area (Å²) in [5, 5.41) is 0.690. The number of nitrogens with zero attached hydrogens (tertiary/aromatic N) is 1. The smallest absolute Gasteiger partial charge is 0.279 e. The van der Waals surface area contributed by atoms with Crippen molar-refractivity contribution in [2.24, 2.45) is 0 Å². The molecule has 0 aliphatic heterocycles. The van der Waals surface area contributed by atoms with Crippen molar-refractivity contribution in [3.8, 4) is 10.9 Å². The largest absolute Gasteiger partial charge is 0.431 e. The fourth-order valence-corrected chi connectivity index (χ4v) is 3.26. The van der Waals surface area contributed by atoms with Crippen molar-refractivity contribution in [1.82, 2.24) is 4.98 Å². The third kappa shape index (κ3) is 2.72. The Morgan fingerprint density at radius 1 is 1.15 bits per heavy atom. The molecule has 1 aromatic heterocycles. The first kappa shape index (κ1) is 13.6. The van der Waals surface area contributed by atoms with Crippen LogP contribution in [0, 0.1) is 0 Å². The topological polar surface area (TPSA) is 22.1 Å². The van der Waals surface area contributed by atoms with Gasteiger partial charge >= 0.3 is 0 Å². The van der Waals surface area contributed by atoms with Gasteiger partial charge in [0, 0.05) is 4.47 Å². The zero-order valence-corrected chi connectivity index (χ0v) is 13.7. The highest BCUT2D eigenvalue weighted by atomic mass is 79.9. The minimum atomic E-state index is 0.400. The van der Waals surface area contributed by atoms with Crippen LogP contribution in [0.1, 0.15) is 25.3 Å². The van der Waals surface area contributed by atoms with Gasteiger partial charge in [0.2, 0.25) is 0 Å².